The van der Waals surface area contributed by atoms with Crippen molar-refractivity contribution < 1.29 is 23.5 Å². The molecule has 1 aromatic rings. The van der Waals surface area contributed by atoms with Crippen molar-refractivity contribution >= 4 is 37.4 Å². The van der Waals surface area contributed by atoms with Crippen molar-refractivity contribution in [3.63, 3.8) is 0 Å². The number of rotatable bonds is 7. The summed E-state index contributed by atoms with van der Waals surface area (Å²) in [6, 6.07) is -0.850. The van der Waals surface area contributed by atoms with Crippen LogP contribution in [0.15, 0.2) is 5.38 Å². The number of fused-ring (bicyclic) bond motifs is 1. The SMILES string of the molecule is COC(=O)CCC(C(N)=O)N1Cc2c(O[Si](C)(C)C(C)(C)C)csc2C1=O. The van der Waals surface area contributed by atoms with E-state index in [1.165, 1.54) is 23.3 Å². The molecule has 1 unspecified atom stereocenters. The molecule has 0 aromatic carbocycles. The summed E-state index contributed by atoms with van der Waals surface area (Å²) in [6.07, 6.45) is 0.163. The summed E-state index contributed by atoms with van der Waals surface area (Å²) in [6.45, 7) is 11.0. The van der Waals surface area contributed by atoms with Gasteiger partial charge in [-0.1, -0.05) is 20.8 Å². The van der Waals surface area contributed by atoms with Gasteiger partial charge in [-0.2, -0.15) is 0 Å². The van der Waals surface area contributed by atoms with Crippen LogP contribution in [0, 0.1) is 0 Å². The highest BCUT2D eigenvalue weighted by atomic mass is 32.1. The lowest BCUT2D eigenvalue weighted by Crippen LogP contribution is -2.45. The number of nitrogens with zero attached hydrogens (tertiary/aromatic N) is 1. The molecule has 0 spiro atoms. The monoisotopic (exact) mass is 412 g/mol. The molecule has 150 valence electrons. The first-order valence-corrected chi connectivity index (χ1v) is 12.6. The maximum Gasteiger partial charge on any atom is 0.305 e. The van der Waals surface area contributed by atoms with E-state index in [0.29, 0.717) is 10.6 Å². The zero-order valence-electron chi connectivity index (χ0n) is 16.8. The fourth-order valence-electron chi connectivity index (χ4n) is 2.64. The highest BCUT2D eigenvalue weighted by molar-refractivity contribution is 7.12. The first kappa shape index (κ1) is 21.4. The molecule has 7 nitrogen and oxygen atoms in total. The molecular formula is C18H28N2O5SSi. The molecule has 0 fully saturated rings. The molecule has 0 radical (unpaired) electrons. The number of esters is 1. The standard InChI is InChI=1S/C18H28N2O5SSi/c1-18(2,3)27(5,6)25-13-10-26-15-11(13)9-20(17(15)23)12(16(19)22)7-8-14(21)24-4/h10,12H,7-9H2,1-6H3,(H2,19,22). The summed E-state index contributed by atoms with van der Waals surface area (Å²) >= 11 is 1.32. The number of hydrogen-bond donors (Lipinski definition) is 1. The highest BCUT2D eigenvalue weighted by Gasteiger charge is 2.43. The van der Waals surface area contributed by atoms with E-state index in [-0.39, 0.29) is 30.3 Å². The van der Waals surface area contributed by atoms with Gasteiger partial charge in [-0.15, -0.1) is 11.3 Å². The molecule has 2 N–H and O–H groups in total. The molecule has 2 heterocycles. The van der Waals surface area contributed by atoms with Gasteiger partial charge in [0, 0.05) is 17.4 Å². The minimum Gasteiger partial charge on any atom is -0.543 e. The van der Waals surface area contributed by atoms with Crippen LogP contribution in [0.5, 0.6) is 5.75 Å². The van der Waals surface area contributed by atoms with Crippen LogP contribution in [0.25, 0.3) is 0 Å². The Kier molecular flexibility index (Phi) is 6.05. The van der Waals surface area contributed by atoms with E-state index in [2.05, 4.69) is 38.6 Å². The van der Waals surface area contributed by atoms with Crippen LogP contribution in [0.1, 0.15) is 48.8 Å². The number of amides is 2. The average Bonchev–Trinajstić information content (AvgIpc) is 3.07. The van der Waals surface area contributed by atoms with E-state index in [4.69, 9.17) is 10.2 Å². The van der Waals surface area contributed by atoms with Crippen LogP contribution in [-0.4, -0.2) is 44.2 Å². The molecule has 2 amide bonds. The first-order valence-electron chi connectivity index (χ1n) is 8.85. The smallest absolute Gasteiger partial charge is 0.305 e. The number of primary amides is 1. The number of thiophene rings is 1. The summed E-state index contributed by atoms with van der Waals surface area (Å²) in [5.41, 5.74) is 6.31. The predicted molar refractivity (Wildman–Crippen MR) is 106 cm³/mol. The van der Waals surface area contributed by atoms with Crippen LogP contribution < -0.4 is 10.2 Å². The summed E-state index contributed by atoms with van der Waals surface area (Å²) in [4.78, 5) is 38.1. The van der Waals surface area contributed by atoms with E-state index in [1.807, 2.05) is 5.38 Å². The summed E-state index contributed by atoms with van der Waals surface area (Å²) < 4.78 is 11.0. The van der Waals surface area contributed by atoms with Crippen molar-refractivity contribution in [3.8, 4) is 5.75 Å². The van der Waals surface area contributed by atoms with Gasteiger partial charge in [0.05, 0.1) is 13.7 Å². The quantitative estimate of drug-likeness (QED) is 0.548. The van der Waals surface area contributed by atoms with Crippen molar-refractivity contribution in [2.24, 2.45) is 5.73 Å². The Morgan fingerprint density at radius 1 is 1.37 bits per heavy atom. The van der Waals surface area contributed by atoms with Gasteiger partial charge in [-0.05, 0) is 24.6 Å². The van der Waals surface area contributed by atoms with Gasteiger partial charge in [0.15, 0.2) is 0 Å². The van der Waals surface area contributed by atoms with Crippen LogP contribution in [0.2, 0.25) is 18.1 Å². The Morgan fingerprint density at radius 2 is 2.00 bits per heavy atom. The molecule has 0 saturated carbocycles. The molecule has 1 atom stereocenters. The van der Waals surface area contributed by atoms with Crippen molar-refractivity contribution in [3.05, 3.63) is 15.8 Å². The third-order valence-corrected chi connectivity index (χ3v) is 10.7. The zero-order valence-corrected chi connectivity index (χ0v) is 18.6. The maximum atomic E-state index is 12.8. The van der Waals surface area contributed by atoms with Crippen LogP contribution in [0.4, 0.5) is 0 Å². The third kappa shape index (κ3) is 4.35. The molecule has 0 aliphatic carbocycles. The fraction of sp³-hybridized carbons (Fsp3) is 0.611. The fourth-order valence-corrected chi connectivity index (χ4v) is 4.71. The summed E-state index contributed by atoms with van der Waals surface area (Å²) in [5.74, 6) is -0.596. The lowest BCUT2D eigenvalue weighted by Gasteiger charge is -2.36. The number of methoxy groups -OCH3 is 1. The van der Waals surface area contributed by atoms with Gasteiger partial charge >= 0.3 is 5.97 Å². The molecule has 0 bridgehead atoms. The largest absolute Gasteiger partial charge is 0.543 e. The molecular weight excluding hydrogens is 384 g/mol. The molecule has 1 aliphatic heterocycles. The van der Waals surface area contributed by atoms with Gasteiger partial charge in [-0.25, -0.2) is 0 Å². The Balaban J connectivity index is 2.22. The van der Waals surface area contributed by atoms with Gasteiger partial charge in [0.2, 0.25) is 5.91 Å². The first-order chi connectivity index (χ1) is 12.4. The van der Waals surface area contributed by atoms with Crippen molar-refractivity contribution in [1.29, 1.82) is 0 Å². The maximum absolute atomic E-state index is 12.8. The topological polar surface area (TPSA) is 98.9 Å². The second-order valence-corrected chi connectivity index (χ2v) is 13.8. The minimum absolute atomic E-state index is 0.0227. The van der Waals surface area contributed by atoms with Gasteiger partial charge in [0.1, 0.15) is 16.7 Å². The minimum atomic E-state index is -2.06. The van der Waals surface area contributed by atoms with Gasteiger partial charge in [0.25, 0.3) is 14.2 Å². The third-order valence-electron chi connectivity index (χ3n) is 5.36. The van der Waals surface area contributed by atoms with Crippen molar-refractivity contribution in [2.75, 3.05) is 7.11 Å². The van der Waals surface area contributed by atoms with Gasteiger partial charge in [-0.3, -0.25) is 14.4 Å². The normalized spacial score (nSPS) is 15.5. The van der Waals surface area contributed by atoms with E-state index in [0.717, 1.165) is 5.56 Å². The van der Waals surface area contributed by atoms with Crippen LogP contribution >= 0.6 is 11.3 Å². The van der Waals surface area contributed by atoms with E-state index in [1.54, 1.807) is 0 Å². The lowest BCUT2D eigenvalue weighted by atomic mass is 10.1. The highest BCUT2D eigenvalue weighted by Crippen LogP contribution is 2.43. The van der Waals surface area contributed by atoms with E-state index in [9.17, 15) is 14.4 Å². The summed E-state index contributed by atoms with van der Waals surface area (Å²) in [7, 11) is -0.774. The average molecular weight is 413 g/mol. The van der Waals surface area contributed by atoms with E-state index >= 15 is 0 Å². The zero-order chi connectivity index (χ0) is 20.6. The van der Waals surface area contributed by atoms with Crippen LogP contribution in [0.3, 0.4) is 0 Å². The lowest BCUT2D eigenvalue weighted by molar-refractivity contribution is -0.141. The Labute approximate surface area is 164 Å². The molecule has 1 aromatic heterocycles. The van der Waals surface area contributed by atoms with Crippen molar-refractivity contribution in [1.82, 2.24) is 4.90 Å². The Hall–Kier alpha value is -1.87. The molecule has 2 rings (SSSR count). The molecule has 0 saturated heterocycles. The number of hydrogen-bond acceptors (Lipinski definition) is 6. The number of carbonyl (C=O) groups excluding carboxylic acids is 3. The number of nitrogens with two attached hydrogens (primary N) is 1. The number of ether oxygens (including phenoxy) is 1. The predicted octanol–water partition coefficient (Wildman–Crippen LogP) is 2.90. The van der Waals surface area contributed by atoms with E-state index < -0.39 is 26.2 Å². The second kappa shape index (κ2) is 7.63. The molecule has 1 aliphatic rings. The Morgan fingerprint density at radius 3 is 2.52 bits per heavy atom. The number of carbonyl (C=O) groups is 3. The Bertz CT molecular complexity index is 753. The summed E-state index contributed by atoms with van der Waals surface area (Å²) in [5, 5.41) is 1.90. The van der Waals surface area contributed by atoms with Crippen molar-refractivity contribution in [2.45, 2.75) is 64.3 Å². The second-order valence-electron chi connectivity index (χ2n) is 8.24. The molecule has 9 heteroatoms. The van der Waals surface area contributed by atoms with Gasteiger partial charge < -0.3 is 19.8 Å². The van der Waals surface area contributed by atoms with Crippen LogP contribution in [-0.2, 0) is 20.9 Å². The molecule has 27 heavy (non-hydrogen) atoms.